The van der Waals surface area contributed by atoms with Crippen LogP contribution in [0.2, 0.25) is 0 Å². The number of carboxylic acids is 1. The Morgan fingerprint density at radius 1 is 1.27 bits per heavy atom. The molecule has 0 saturated carbocycles. The normalized spacial score (nSPS) is 10.8. The molecule has 130 valence electrons. The molecule has 0 radical (unpaired) electrons. The van der Waals surface area contributed by atoms with E-state index < -0.39 is 10.9 Å². The molecule has 2 N–H and O–H groups in total. The summed E-state index contributed by atoms with van der Waals surface area (Å²) in [6.45, 7) is 0. The van der Waals surface area contributed by atoms with Crippen LogP contribution in [0.5, 0.6) is 0 Å². The summed E-state index contributed by atoms with van der Waals surface area (Å²) >= 11 is 1.28. The molecular formula is C17H12N4O4S. The highest BCUT2D eigenvalue weighted by molar-refractivity contribution is 7.14. The molecule has 8 nitrogen and oxygen atoms in total. The maximum Gasteiger partial charge on any atom is 0.336 e. The fraction of sp³-hybridized carbons (Fsp3) is 0. The van der Waals surface area contributed by atoms with Gasteiger partial charge in [0.2, 0.25) is 5.13 Å². The summed E-state index contributed by atoms with van der Waals surface area (Å²) in [4.78, 5) is 25.9. The lowest BCUT2D eigenvalue weighted by Gasteiger charge is -1.99. The van der Waals surface area contributed by atoms with Crippen LogP contribution in [0.4, 0.5) is 10.8 Å². The maximum absolute atomic E-state index is 11.2. The first-order valence-corrected chi connectivity index (χ1v) is 8.24. The monoisotopic (exact) mass is 368 g/mol. The summed E-state index contributed by atoms with van der Waals surface area (Å²) < 4.78 is 0. The molecule has 3 aromatic rings. The predicted molar refractivity (Wildman–Crippen MR) is 98.8 cm³/mol. The van der Waals surface area contributed by atoms with E-state index in [-0.39, 0.29) is 11.3 Å². The molecule has 0 aliphatic heterocycles. The van der Waals surface area contributed by atoms with Crippen molar-refractivity contribution in [2.24, 2.45) is 5.10 Å². The number of aromatic nitrogens is 1. The standard InChI is InChI=1S/C17H12N4O4S/c22-16(23)14-7-2-1-4-12(14)9-18-20-17-19-15(10-26-17)11-5-3-6-13(8-11)21(24)25/h1-10H,(H,19,20)(H,22,23)/b18-9+. The Balaban J connectivity index is 1.74. The van der Waals surface area contributed by atoms with Gasteiger partial charge in [0.05, 0.1) is 22.4 Å². The third kappa shape index (κ3) is 3.90. The number of thiazole rings is 1. The maximum atomic E-state index is 11.2. The highest BCUT2D eigenvalue weighted by Gasteiger charge is 2.10. The Morgan fingerprint density at radius 3 is 2.85 bits per heavy atom. The zero-order chi connectivity index (χ0) is 18.5. The second kappa shape index (κ2) is 7.53. The number of rotatable bonds is 6. The molecule has 9 heteroatoms. The topological polar surface area (TPSA) is 118 Å². The van der Waals surface area contributed by atoms with E-state index in [2.05, 4.69) is 15.5 Å². The Labute approximate surface area is 151 Å². The van der Waals surface area contributed by atoms with Gasteiger partial charge >= 0.3 is 5.97 Å². The van der Waals surface area contributed by atoms with Crippen LogP contribution in [-0.4, -0.2) is 27.2 Å². The Kier molecular flexibility index (Phi) is 4.99. The van der Waals surface area contributed by atoms with Gasteiger partial charge in [0.1, 0.15) is 0 Å². The zero-order valence-electron chi connectivity index (χ0n) is 13.2. The van der Waals surface area contributed by atoms with E-state index >= 15 is 0 Å². The van der Waals surface area contributed by atoms with Gasteiger partial charge in [-0.05, 0) is 6.07 Å². The first kappa shape index (κ1) is 17.2. The van der Waals surface area contributed by atoms with Crippen LogP contribution in [0.15, 0.2) is 59.0 Å². The number of hydrogen-bond donors (Lipinski definition) is 2. The average Bonchev–Trinajstić information content (AvgIpc) is 3.11. The quantitative estimate of drug-likeness (QED) is 0.387. The van der Waals surface area contributed by atoms with E-state index in [0.29, 0.717) is 22.0 Å². The van der Waals surface area contributed by atoms with Crippen molar-refractivity contribution in [1.82, 2.24) is 4.98 Å². The third-order valence-corrected chi connectivity index (χ3v) is 4.16. The highest BCUT2D eigenvalue weighted by atomic mass is 32.1. The Bertz CT molecular complexity index is 1000. The molecule has 0 atom stereocenters. The number of nitrogens with one attached hydrogen (secondary N) is 1. The number of carboxylic acid groups (broad SMARTS) is 1. The lowest BCUT2D eigenvalue weighted by atomic mass is 10.1. The summed E-state index contributed by atoms with van der Waals surface area (Å²) in [6.07, 6.45) is 1.40. The summed E-state index contributed by atoms with van der Waals surface area (Å²) in [5.41, 5.74) is 4.55. The van der Waals surface area contributed by atoms with Crippen molar-refractivity contribution >= 4 is 34.3 Å². The summed E-state index contributed by atoms with van der Waals surface area (Å²) in [7, 11) is 0. The minimum atomic E-state index is -1.03. The second-order valence-corrected chi connectivity index (χ2v) is 5.97. The summed E-state index contributed by atoms with van der Waals surface area (Å²) in [5, 5.41) is 26.2. The van der Waals surface area contributed by atoms with Crippen LogP contribution in [0, 0.1) is 10.1 Å². The number of nitrogens with zero attached hydrogens (tertiary/aromatic N) is 3. The fourth-order valence-electron chi connectivity index (χ4n) is 2.20. The SMILES string of the molecule is O=C(O)c1ccccc1/C=N/Nc1nc(-c2cccc([N+](=O)[O-])c2)cs1. The van der Waals surface area contributed by atoms with E-state index in [4.69, 9.17) is 5.11 Å². The number of aromatic carboxylic acids is 1. The van der Waals surface area contributed by atoms with Gasteiger partial charge in [0, 0.05) is 28.6 Å². The molecular weight excluding hydrogens is 356 g/mol. The molecule has 1 heterocycles. The van der Waals surface area contributed by atoms with E-state index in [1.54, 1.807) is 35.7 Å². The van der Waals surface area contributed by atoms with E-state index in [1.165, 1.54) is 35.8 Å². The zero-order valence-corrected chi connectivity index (χ0v) is 14.0. The van der Waals surface area contributed by atoms with Crippen molar-refractivity contribution in [3.8, 4) is 11.3 Å². The van der Waals surface area contributed by atoms with Crippen LogP contribution in [0.25, 0.3) is 11.3 Å². The van der Waals surface area contributed by atoms with Crippen LogP contribution < -0.4 is 5.43 Å². The molecule has 0 amide bonds. The van der Waals surface area contributed by atoms with Crippen molar-refractivity contribution < 1.29 is 14.8 Å². The van der Waals surface area contributed by atoms with Gasteiger partial charge in [0.25, 0.3) is 5.69 Å². The van der Waals surface area contributed by atoms with Crippen molar-refractivity contribution in [3.05, 3.63) is 75.2 Å². The molecule has 3 rings (SSSR count). The predicted octanol–water partition coefficient (Wildman–Crippen LogP) is 3.86. The van der Waals surface area contributed by atoms with E-state index in [1.807, 2.05) is 0 Å². The molecule has 1 aromatic heterocycles. The van der Waals surface area contributed by atoms with Gasteiger partial charge < -0.3 is 5.11 Å². The second-order valence-electron chi connectivity index (χ2n) is 5.11. The van der Waals surface area contributed by atoms with Gasteiger partial charge in [-0.15, -0.1) is 11.3 Å². The number of benzene rings is 2. The Morgan fingerprint density at radius 2 is 2.08 bits per heavy atom. The number of non-ortho nitro benzene ring substituents is 1. The number of nitro groups is 1. The minimum absolute atomic E-state index is 0.00620. The van der Waals surface area contributed by atoms with E-state index in [9.17, 15) is 14.9 Å². The highest BCUT2D eigenvalue weighted by Crippen LogP contribution is 2.27. The summed E-state index contributed by atoms with van der Waals surface area (Å²) in [5.74, 6) is -1.03. The van der Waals surface area contributed by atoms with Crippen LogP contribution in [0.3, 0.4) is 0 Å². The van der Waals surface area contributed by atoms with Crippen molar-refractivity contribution in [1.29, 1.82) is 0 Å². The third-order valence-electron chi connectivity index (χ3n) is 3.41. The lowest BCUT2D eigenvalue weighted by molar-refractivity contribution is -0.384. The van der Waals surface area contributed by atoms with Gasteiger partial charge in [-0.1, -0.05) is 30.3 Å². The van der Waals surface area contributed by atoms with Crippen LogP contribution >= 0.6 is 11.3 Å². The largest absolute Gasteiger partial charge is 0.478 e. The van der Waals surface area contributed by atoms with Crippen LogP contribution in [0.1, 0.15) is 15.9 Å². The molecule has 2 aromatic carbocycles. The van der Waals surface area contributed by atoms with Gasteiger partial charge in [0.15, 0.2) is 0 Å². The van der Waals surface area contributed by atoms with Gasteiger partial charge in [-0.2, -0.15) is 5.10 Å². The Hall–Kier alpha value is -3.59. The molecule has 0 aliphatic carbocycles. The molecule has 0 unspecified atom stereocenters. The first-order chi connectivity index (χ1) is 12.5. The van der Waals surface area contributed by atoms with Crippen molar-refractivity contribution in [2.75, 3.05) is 5.43 Å². The van der Waals surface area contributed by atoms with E-state index in [0.717, 1.165) is 0 Å². The molecule has 0 saturated heterocycles. The molecule has 0 fully saturated rings. The first-order valence-electron chi connectivity index (χ1n) is 7.36. The van der Waals surface area contributed by atoms with Gasteiger partial charge in [-0.3, -0.25) is 15.5 Å². The number of carbonyl (C=O) groups is 1. The molecule has 0 spiro atoms. The molecule has 0 bridgehead atoms. The number of anilines is 1. The smallest absolute Gasteiger partial charge is 0.336 e. The summed E-state index contributed by atoms with van der Waals surface area (Å²) in [6, 6.07) is 12.7. The fourth-order valence-corrected chi connectivity index (χ4v) is 2.87. The number of hydrazone groups is 1. The minimum Gasteiger partial charge on any atom is -0.478 e. The van der Waals surface area contributed by atoms with Crippen molar-refractivity contribution in [2.45, 2.75) is 0 Å². The lowest BCUT2D eigenvalue weighted by Crippen LogP contribution is -2.02. The van der Waals surface area contributed by atoms with Crippen molar-refractivity contribution in [3.63, 3.8) is 0 Å². The number of hydrogen-bond acceptors (Lipinski definition) is 7. The van der Waals surface area contributed by atoms with Gasteiger partial charge in [-0.25, -0.2) is 9.78 Å². The number of nitro benzene ring substituents is 1. The molecule has 0 aliphatic rings. The van der Waals surface area contributed by atoms with Crippen LogP contribution in [-0.2, 0) is 0 Å². The molecule has 26 heavy (non-hydrogen) atoms. The average molecular weight is 368 g/mol.